The zero-order chi connectivity index (χ0) is 14.7. The standard InChI is InChI=1S/C16H22BrFNO/c1-11(15-6-5-13(17)10-19(15)2)8-12-4-7-16(20-3)14(18)9-12/h4-5,7,9,11,13,15H,6,8,10H2,1-3H3. The Hall–Kier alpha value is -0.610. The highest BCUT2D eigenvalue weighted by atomic mass is 79.9. The average Bonchev–Trinajstić information content (AvgIpc) is 2.38. The number of piperidine rings is 1. The maximum Gasteiger partial charge on any atom is 0.165 e. The van der Waals surface area contributed by atoms with Crippen molar-refractivity contribution in [2.45, 2.75) is 30.6 Å². The van der Waals surface area contributed by atoms with E-state index in [1.165, 1.54) is 7.11 Å². The topological polar surface area (TPSA) is 12.5 Å². The first kappa shape index (κ1) is 15.8. The van der Waals surface area contributed by atoms with Gasteiger partial charge in [-0.1, -0.05) is 28.9 Å². The Bertz CT molecular complexity index is 454. The van der Waals surface area contributed by atoms with E-state index in [1.807, 2.05) is 6.07 Å². The molecular formula is C16H22BrFNO. The first-order valence-electron chi connectivity index (χ1n) is 7.01. The molecule has 1 fully saturated rings. The minimum Gasteiger partial charge on any atom is -0.494 e. The van der Waals surface area contributed by atoms with Gasteiger partial charge in [0.25, 0.3) is 0 Å². The van der Waals surface area contributed by atoms with Crippen molar-refractivity contribution in [2.24, 2.45) is 5.92 Å². The highest BCUT2D eigenvalue weighted by Gasteiger charge is 2.28. The van der Waals surface area contributed by atoms with E-state index in [0.29, 0.717) is 22.5 Å². The summed E-state index contributed by atoms with van der Waals surface area (Å²) in [5.41, 5.74) is 1.03. The van der Waals surface area contributed by atoms with Crippen LogP contribution in [-0.4, -0.2) is 36.5 Å². The molecule has 0 N–H and O–H groups in total. The van der Waals surface area contributed by atoms with Gasteiger partial charge in [0.2, 0.25) is 0 Å². The van der Waals surface area contributed by atoms with Crippen molar-refractivity contribution < 1.29 is 9.13 Å². The van der Waals surface area contributed by atoms with Crippen LogP contribution >= 0.6 is 15.9 Å². The maximum atomic E-state index is 13.7. The van der Waals surface area contributed by atoms with Crippen LogP contribution in [0, 0.1) is 18.2 Å². The molecule has 1 saturated heterocycles. The fourth-order valence-electron chi connectivity index (χ4n) is 2.96. The molecule has 1 aromatic carbocycles. The third-order valence-electron chi connectivity index (χ3n) is 4.09. The molecule has 3 unspecified atom stereocenters. The van der Waals surface area contributed by atoms with E-state index in [0.717, 1.165) is 24.9 Å². The second-order valence-corrected chi connectivity index (χ2v) is 6.82. The number of alkyl halides is 1. The molecule has 111 valence electrons. The molecule has 1 aliphatic rings. The number of methoxy groups -OCH3 is 1. The van der Waals surface area contributed by atoms with Crippen LogP contribution in [-0.2, 0) is 6.42 Å². The van der Waals surface area contributed by atoms with Crippen molar-refractivity contribution in [1.29, 1.82) is 0 Å². The SMILES string of the molecule is COc1ccc(CC(C)C2C[CH]C(Br)CN2C)cc1F. The molecule has 1 radical (unpaired) electrons. The Morgan fingerprint density at radius 3 is 2.85 bits per heavy atom. The number of likely N-dealkylation sites (tertiary alicyclic amines) is 1. The van der Waals surface area contributed by atoms with Crippen LogP contribution in [0.15, 0.2) is 18.2 Å². The van der Waals surface area contributed by atoms with Gasteiger partial charge in [-0.05, 0) is 49.9 Å². The van der Waals surface area contributed by atoms with Crippen molar-refractivity contribution in [2.75, 3.05) is 20.7 Å². The fraction of sp³-hybridized carbons (Fsp3) is 0.562. The zero-order valence-corrected chi connectivity index (χ0v) is 13.9. The lowest BCUT2D eigenvalue weighted by atomic mass is 9.87. The van der Waals surface area contributed by atoms with Gasteiger partial charge >= 0.3 is 0 Å². The van der Waals surface area contributed by atoms with E-state index in [4.69, 9.17) is 4.74 Å². The monoisotopic (exact) mass is 342 g/mol. The van der Waals surface area contributed by atoms with Gasteiger partial charge in [0.15, 0.2) is 11.6 Å². The smallest absolute Gasteiger partial charge is 0.165 e. The molecule has 4 heteroatoms. The van der Waals surface area contributed by atoms with Gasteiger partial charge in [0, 0.05) is 17.4 Å². The molecule has 20 heavy (non-hydrogen) atoms. The maximum absolute atomic E-state index is 13.7. The van der Waals surface area contributed by atoms with Gasteiger partial charge < -0.3 is 9.64 Å². The van der Waals surface area contributed by atoms with Crippen LogP contribution in [0.2, 0.25) is 0 Å². The number of hydrogen-bond acceptors (Lipinski definition) is 2. The van der Waals surface area contributed by atoms with Crippen LogP contribution in [0.4, 0.5) is 4.39 Å². The number of nitrogens with zero attached hydrogens (tertiary/aromatic N) is 1. The first-order valence-corrected chi connectivity index (χ1v) is 7.93. The summed E-state index contributed by atoms with van der Waals surface area (Å²) in [6, 6.07) is 5.78. The highest BCUT2D eigenvalue weighted by molar-refractivity contribution is 9.09. The summed E-state index contributed by atoms with van der Waals surface area (Å²) in [7, 11) is 3.65. The Labute approximate surface area is 129 Å². The average molecular weight is 343 g/mol. The van der Waals surface area contributed by atoms with E-state index in [9.17, 15) is 4.39 Å². The summed E-state index contributed by atoms with van der Waals surface area (Å²) in [6.07, 6.45) is 4.29. The van der Waals surface area contributed by atoms with Gasteiger partial charge in [-0.15, -0.1) is 0 Å². The van der Waals surface area contributed by atoms with Crippen LogP contribution in [0.5, 0.6) is 5.75 Å². The summed E-state index contributed by atoms with van der Waals surface area (Å²) in [6.45, 7) is 3.28. The molecule has 0 saturated carbocycles. The minimum atomic E-state index is -0.277. The van der Waals surface area contributed by atoms with E-state index in [2.05, 4.69) is 41.2 Å². The normalized spacial score (nSPS) is 25.4. The number of halogens is 2. The van der Waals surface area contributed by atoms with Gasteiger partial charge in [-0.25, -0.2) is 4.39 Å². The second kappa shape index (κ2) is 6.90. The van der Waals surface area contributed by atoms with Crippen molar-refractivity contribution in [3.05, 3.63) is 36.0 Å². The van der Waals surface area contributed by atoms with Crippen LogP contribution in [0.3, 0.4) is 0 Å². The van der Waals surface area contributed by atoms with Crippen LogP contribution < -0.4 is 4.74 Å². The van der Waals surface area contributed by atoms with Crippen LogP contribution in [0.1, 0.15) is 18.9 Å². The van der Waals surface area contributed by atoms with Crippen molar-refractivity contribution in [3.8, 4) is 5.75 Å². The minimum absolute atomic E-state index is 0.277. The predicted octanol–water partition coefficient (Wildman–Crippen LogP) is 3.68. The summed E-state index contributed by atoms with van der Waals surface area (Å²) in [5, 5.41) is 0. The Morgan fingerprint density at radius 2 is 2.25 bits per heavy atom. The summed E-state index contributed by atoms with van der Waals surface area (Å²) in [5.74, 6) is 0.525. The van der Waals surface area contributed by atoms with Crippen molar-refractivity contribution in [1.82, 2.24) is 4.90 Å². The molecule has 0 bridgehead atoms. The number of hydrogen-bond donors (Lipinski definition) is 0. The van der Waals surface area contributed by atoms with E-state index in [1.54, 1.807) is 12.1 Å². The van der Waals surface area contributed by atoms with E-state index >= 15 is 0 Å². The Morgan fingerprint density at radius 1 is 1.50 bits per heavy atom. The molecule has 2 rings (SSSR count). The number of ether oxygens (including phenoxy) is 1. The van der Waals surface area contributed by atoms with Gasteiger partial charge in [0.1, 0.15) is 0 Å². The first-order chi connectivity index (χ1) is 9.51. The lowest BCUT2D eigenvalue weighted by molar-refractivity contribution is 0.162. The third kappa shape index (κ3) is 3.73. The highest BCUT2D eigenvalue weighted by Crippen LogP contribution is 2.28. The summed E-state index contributed by atoms with van der Waals surface area (Å²) >= 11 is 3.64. The number of benzene rings is 1. The van der Waals surface area contributed by atoms with Gasteiger partial charge in [-0.3, -0.25) is 0 Å². The zero-order valence-electron chi connectivity index (χ0n) is 12.3. The van der Waals surface area contributed by atoms with Gasteiger partial charge in [0.05, 0.1) is 7.11 Å². The quantitative estimate of drug-likeness (QED) is 0.774. The van der Waals surface area contributed by atoms with Crippen LogP contribution in [0.25, 0.3) is 0 Å². The summed E-state index contributed by atoms with van der Waals surface area (Å²) < 4.78 is 18.7. The molecule has 1 heterocycles. The molecule has 0 amide bonds. The molecular weight excluding hydrogens is 321 g/mol. The predicted molar refractivity (Wildman–Crippen MR) is 83.9 cm³/mol. The Balaban J connectivity index is 2.00. The van der Waals surface area contributed by atoms with Crippen molar-refractivity contribution >= 4 is 15.9 Å². The molecule has 0 aliphatic carbocycles. The van der Waals surface area contributed by atoms with E-state index in [-0.39, 0.29) is 5.82 Å². The fourth-order valence-corrected chi connectivity index (χ4v) is 3.64. The Kier molecular flexibility index (Phi) is 5.44. The lowest BCUT2D eigenvalue weighted by Crippen LogP contribution is -2.45. The molecule has 2 nitrogen and oxygen atoms in total. The molecule has 1 aromatic rings. The number of rotatable bonds is 4. The van der Waals surface area contributed by atoms with E-state index < -0.39 is 0 Å². The summed E-state index contributed by atoms with van der Waals surface area (Å²) in [4.78, 5) is 2.87. The third-order valence-corrected chi connectivity index (χ3v) is 4.76. The molecule has 0 spiro atoms. The lowest BCUT2D eigenvalue weighted by Gasteiger charge is -2.38. The molecule has 1 aliphatic heterocycles. The molecule has 0 aromatic heterocycles. The van der Waals surface area contributed by atoms with Crippen molar-refractivity contribution in [3.63, 3.8) is 0 Å². The molecule has 3 atom stereocenters. The second-order valence-electron chi connectivity index (χ2n) is 5.64. The van der Waals surface area contributed by atoms with Gasteiger partial charge in [-0.2, -0.15) is 0 Å². The largest absolute Gasteiger partial charge is 0.494 e.